The third-order valence-corrected chi connectivity index (χ3v) is 5.39. The molecule has 0 bridgehead atoms. The molecule has 0 spiro atoms. The van der Waals surface area contributed by atoms with Crippen molar-refractivity contribution >= 4 is 0 Å². The summed E-state index contributed by atoms with van der Waals surface area (Å²) < 4.78 is 0. The molecule has 1 heterocycles. The van der Waals surface area contributed by atoms with Crippen molar-refractivity contribution in [2.45, 2.75) is 77.8 Å². The number of nitrogens with zero attached hydrogens (tertiary/aromatic N) is 1. The van der Waals surface area contributed by atoms with E-state index in [-0.39, 0.29) is 0 Å². The summed E-state index contributed by atoms with van der Waals surface area (Å²) in [6, 6.07) is 1.58. The zero-order chi connectivity index (χ0) is 13.7. The van der Waals surface area contributed by atoms with Gasteiger partial charge in [-0.3, -0.25) is 0 Å². The molecule has 2 nitrogen and oxygen atoms in total. The van der Waals surface area contributed by atoms with E-state index in [1.54, 1.807) is 0 Å². The van der Waals surface area contributed by atoms with E-state index in [4.69, 9.17) is 0 Å². The molecule has 1 N–H and O–H groups in total. The Labute approximate surface area is 120 Å². The van der Waals surface area contributed by atoms with Crippen LogP contribution in [-0.4, -0.2) is 36.6 Å². The van der Waals surface area contributed by atoms with Crippen molar-refractivity contribution in [1.29, 1.82) is 0 Å². The summed E-state index contributed by atoms with van der Waals surface area (Å²) in [4.78, 5) is 2.61. The van der Waals surface area contributed by atoms with Crippen LogP contribution in [0.2, 0.25) is 0 Å². The van der Waals surface area contributed by atoms with Gasteiger partial charge in [-0.25, -0.2) is 0 Å². The van der Waals surface area contributed by atoms with Gasteiger partial charge < -0.3 is 10.2 Å². The van der Waals surface area contributed by atoms with Crippen LogP contribution in [0.1, 0.15) is 65.7 Å². The second-order valence-electron chi connectivity index (χ2n) is 7.03. The first-order valence-electron chi connectivity index (χ1n) is 8.69. The average Bonchev–Trinajstić information content (AvgIpc) is 2.64. The van der Waals surface area contributed by atoms with Crippen molar-refractivity contribution in [2.75, 3.05) is 19.6 Å². The topological polar surface area (TPSA) is 15.3 Å². The Bertz CT molecular complexity index is 252. The van der Waals surface area contributed by atoms with E-state index < -0.39 is 0 Å². The van der Waals surface area contributed by atoms with E-state index >= 15 is 0 Å². The molecule has 1 aliphatic carbocycles. The number of hydrogen-bond acceptors (Lipinski definition) is 2. The van der Waals surface area contributed by atoms with Crippen LogP contribution in [0.15, 0.2) is 0 Å². The van der Waals surface area contributed by atoms with E-state index in [0.29, 0.717) is 0 Å². The van der Waals surface area contributed by atoms with E-state index in [9.17, 15) is 0 Å². The number of likely N-dealkylation sites (tertiary alicyclic amines) is 1. The van der Waals surface area contributed by atoms with Crippen LogP contribution in [0.25, 0.3) is 0 Å². The molecule has 1 saturated heterocycles. The summed E-state index contributed by atoms with van der Waals surface area (Å²) in [5, 5.41) is 4.05. The maximum Gasteiger partial charge on any atom is 0.0100 e. The summed E-state index contributed by atoms with van der Waals surface area (Å²) in [5.41, 5.74) is 0. The minimum atomic E-state index is 0.779. The number of nitrogens with one attached hydrogen (secondary N) is 1. The highest BCUT2D eigenvalue weighted by molar-refractivity contribution is 4.86. The maximum atomic E-state index is 4.05. The van der Waals surface area contributed by atoms with Gasteiger partial charge in [0.15, 0.2) is 0 Å². The normalized spacial score (nSPS) is 34.4. The average molecular weight is 266 g/mol. The third-order valence-electron chi connectivity index (χ3n) is 5.39. The SMILES string of the molecule is CCN1CCCC(NC2CCCCC2C(C)C)CC1. The Morgan fingerprint density at radius 2 is 1.79 bits per heavy atom. The molecule has 1 aliphatic heterocycles. The molecule has 0 aromatic heterocycles. The van der Waals surface area contributed by atoms with Crippen molar-refractivity contribution < 1.29 is 0 Å². The van der Waals surface area contributed by atoms with Gasteiger partial charge in [-0.15, -0.1) is 0 Å². The first-order valence-corrected chi connectivity index (χ1v) is 8.69. The minimum absolute atomic E-state index is 0.779. The molecule has 3 atom stereocenters. The van der Waals surface area contributed by atoms with E-state index in [1.165, 1.54) is 64.6 Å². The Balaban J connectivity index is 1.84. The molecule has 2 heteroatoms. The van der Waals surface area contributed by atoms with E-state index in [2.05, 4.69) is 31.0 Å². The van der Waals surface area contributed by atoms with Gasteiger partial charge in [0.25, 0.3) is 0 Å². The molecule has 2 fully saturated rings. The lowest BCUT2D eigenvalue weighted by atomic mass is 9.77. The van der Waals surface area contributed by atoms with Gasteiger partial charge in [0.05, 0.1) is 0 Å². The fourth-order valence-corrected chi connectivity index (χ4v) is 4.11. The number of hydrogen-bond donors (Lipinski definition) is 1. The summed E-state index contributed by atoms with van der Waals surface area (Å²) in [6.07, 6.45) is 9.88. The second kappa shape index (κ2) is 7.64. The zero-order valence-corrected chi connectivity index (χ0v) is 13.3. The van der Waals surface area contributed by atoms with E-state index in [1.807, 2.05) is 0 Å². The monoisotopic (exact) mass is 266 g/mol. The fourth-order valence-electron chi connectivity index (χ4n) is 4.11. The van der Waals surface area contributed by atoms with Gasteiger partial charge in [-0.1, -0.05) is 33.6 Å². The summed E-state index contributed by atoms with van der Waals surface area (Å²) in [6.45, 7) is 11.0. The molecule has 1 saturated carbocycles. The molecule has 0 aromatic rings. The van der Waals surface area contributed by atoms with Gasteiger partial charge in [-0.2, -0.15) is 0 Å². The molecular weight excluding hydrogens is 232 g/mol. The standard InChI is InChI=1S/C17H34N2/c1-4-19-12-7-8-15(11-13-19)18-17-10-6-5-9-16(17)14(2)3/h14-18H,4-13H2,1-3H3. The highest BCUT2D eigenvalue weighted by Crippen LogP contribution is 2.31. The second-order valence-corrected chi connectivity index (χ2v) is 7.03. The van der Waals surface area contributed by atoms with Crippen LogP contribution in [0.4, 0.5) is 0 Å². The lowest BCUT2D eigenvalue weighted by molar-refractivity contribution is 0.187. The van der Waals surface area contributed by atoms with Crippen LogP contribution < -0.4 is 5.32 Å². The van der Waals surface area contributed by atoms with Crippen LogP contribution in [0.3, 0.4) is 0 Å². The number of rotatable bonds is 4. The summed E-state index contributed by atoms with van der Waals surface area (Å²) in [7, 11) is 0. The smallest absolute Gasteiger partial charge is 0.0100 e. The molecule has 0 radical (unpaired) electrons. The van der Waals surface area contributed by atoms with Crippen molar-refractivity contribution in [3.05, 3.63) is 0 Å². The predicted molar refractivity (Wildman–Crippen MR) is 83.5 cm³/mol. The van der Waals surface area contributed by atoms with Crippen molar-refractivity contribution in [3.63, 3.8) is 0 Å². The van der Waals surface area contributed by atoms with Gasteiger partial charge >= 0.3 is 0 Å². The first kappa shape index (κ1) is 15.3. The van der Waals surface area contributed by atoms with Crippen molar-refractivity contribution in [2.24, 2.45) is 11.8 Å². The molecule has 0 aromatic carbocycles. The maximum absolute atomic E-state index is 4.05. The van der Waals surface area contributed by atoms with Crippen LogP contribution in [-0.2, 0) is 0 Å². The van der Waals surface area contributed by atoms with Gasteiger partial charge in [0, 0.05) is 12.1 Å². The van der Waals surface area contributed by atoms with Gasteiger partial charge in [0.1, 0.15) is 0 Å². The summed E-state index contributed by atoms with van der Waals surface area (Å²) >= 11 is 0. The first-order chi connectivity index (χ1) is 9.20. The third kappa shape index (κ3) is 4.46. The molecule has 19 heavy (non-hydrogen) atoms. The molecule has 112 valence electrons. The van der Waals surface area contributed by atoms with Crippen molar-refractivity contribution in [3.8, 4) is 0 Å². The molecule has 0 amide bonds. The highest BCUT2D eigenvalue weighted by Gasteiger charge is 2.29. The molecule has 2 rings (SSSR count). The molecule has 2 aliphatic rings. The van der Waals surface area contributed by atoms with E-state index in [0.717, 1.165) is 23.9 Å². The van der Waals surface area contributed by atoms with Crippen LogP contribution in [0, 0.1) is 11.8 Å². The predicted octanol–water partition coefficient (Wildman–Crippen LogP) is 3.67. The lowest BCUT2D eigenvalue weighted by Gasteiger charge is -2.37. The molecular formula is C17H34N2. The minimum Gasteiger partial charge on any atom is -0.311 e. The Morgan fingerprint density at radius 1 is 1.00 bits per heavy atom. The Morgan fingerprint density at radius 3 is 2.53 bits per heavy atom. The van der Waals surface area contributed by atoms with Crippen LogP contribution >= 0.6 is 0 Å². The summed E-state index contributed by atoms with van der Waals surface area (Å²) in [5.74, 6) is 1.76. The quantitative estimate of drug-likeness (QED) is 0.835. The largest absolute Gasteiger partial charge is 0.311 e. The van der Waals surface area contributed by atoms with Crippen LogP contribution in [0.5, 0.6) is 0 Å². The highest BCUT2D eigenvalue weighted by atomic mass is 15.1. The zero-order valence-electron chi connectivity index (χ0n) is 13.3. The lowest BCUT2D eigenvalue weighted by Crippen LogP contribution is -2.46. The molecule has 3 unspecified atom stereocenters. The van der Waals surface area contributed by atoms with Gasteiger partial charge in [0.2, 0.25) is 0 Å². The fraction of sp³-hybridized carbons (Fsp3) is 1.00. The Hall–Kier alpha value is -0.0800. The van der Waals surface area contributed by atoms with Crippen molar-refractivity contribution in [1.82, 2.24) is 10.2 Å². The Kier molecular flexibility index (Phi) is 6.15. The van der Waals surface area contributed by atoms with Gasteiger partial charge in [-0.05, 0) is 63.6 Å².